The van der Waals surface area contributed by atoms with Gasteiger partial charge in [0.25, 0.3) is 0 Å². The molecule has 1 saturated carbocycles. The van der Waals surface area contributed by atoms with E-state index in [1.165, 1.54) is 12.8 Å². The van der Waals surface area contributed by atoms with E-state index in [0.717, 1.165) is 62.8 Å². The van der Waals surface area contributed by atoms with Crippen molar-refractivity contribution in [2.45, 2.75) is 57.8 Å². The predicted molar refractivity (Wildman–Crippen MR) is 127 cm³/mol. The van der Waals surface area contributed by atoms with Gasteiger partial charge >= 0.3 is 0 Å². The van der Waals surface area contributed by atoms with Crippen LogP contribution in [-0.2, 0) is 11.3 Å². The quantitative estimate of drug-likeness (QED) is 0.373. The van der Waals surface area contributed by atoms with Crippen molar-refractivity contribution >= 4 is 5.96 Å². The van der Waals surface area contributed by atoms with Crippen LogP contribution >= 0.6 is 0 Å². The van der Waals surface area contributed by atoms with Crippen LogP contribution in [0, 0.1) is 0 Å². The van der Waals surface area contributed by atoms with Crippen molar-refractivity contribution < 1.29 is 19.3 Å². The van der Waals surface area contributed by atoms with E-state index in [4.69, 9.17) is 19.2 Å². The molecule has 0 radical (unpaired) electrons. The maximum Gasteiger partial charge on any atom is 0.191 e. The summed E-state index contributed by atoms with van der Waals surface area (Å²) in [4.78, 5) is 6.99. The van der Waals surface area contributed by atoms with Crippen LogP contribution < -0.4 is 20.1 Å². The van der Waals surface area contributed by atoms with Gasteiger partial charge in [-0.1, -0.05) is 12.1 Å². The lowest BCUT2D eigenvalue weighted by atomic mass is 10.1. The Morgan fingerprint density at radius 2 is 2.00 bits per heavy atom. The fourth-order valence-electron chi connectivity index (χ4n) is 4.23. The lowest BCUT2D eigenvalue weighted by Crippen LogP contribution is -2.52. The molecular formula is C24H40N4O4. The molecule has 180 valence electrons. The number of aliphatic imine (C=N–C) groups is 1. The first kappa shape index (κ1) is 24.6. The number of ether oxygens (including phenoxy) is 3. The minimum atomic E-state index is -0.875. The largest absolute Gasteiger partial charge is 0.493 e. The lowest BCUT2D eigenvalue weighted by Gasteiger charge is -2.34. The van der Waals surface area contributed by atoms with Gasteiger partial charge in [0, 0.05) is 38.3 Å². The SMILES string of the molecule is CCNC(=NCc1cccc(OC)c1OC1CCCC1)NCC(C)(O)CN1CCOCC1. The van der Waals surface area contributed by atoms with Crippen LogP contribution in [0.1, 0.15) is 45.1 Å². The molecule has 0 spiro atoms. The highest BCUT2D eigenvalue weighted by Crippen LogP contribution is 2.35. The molecule has 1 aliphatic carbocycles. The fourth-order valence-corrected chi connectivity index (χ4v) is 4.23. The Kier molecular flexibility index (Phi) is 9.44. The van der Waals surface area contributed by atoms with Gasteiger partial charge < -0.3 is 30.0 Å². The molecular weight excluding hydrogens is 408 g/mol. The summed E-state index contributed by atoms with van der Waals surface area (Å²) in [5, 5.41) is 17.4. The number of benzene rings is 1. The summed E-state index contributed by atoms with van der Waals surface area (Å²) >= 11 is 0. The number of aliphatic hydroxyl groups is 1. The number of morpholine rings is 1. The molecule has 2 fully saturated rings. The molecule has 8 nitrogen and oxygen atoms in total. The Balaban J connectivity index is 1.63. The van der Waals surface area contributed by atoms with Crippen molar-refractivity contribution in [2.24, 2.45) is 4.99 Å². The Bertz CT molecular complexity index is 729. The number of β-amino-alcohol motifs (C(OH)–C–C–N with tert-alkyl or cyclic N) is 1. The summed E-state index contributed by atoms with van der Waals surface area (Å²) in [6, 6.07) is 5.94. The standard InChI is InChI=1S/C24H40N4O4/c1-4-25-23(27-17-24(2,29)18-28-12-14-31-15-13-28)26-16-19-8-7-11-21(30-3)22(19)32-20-9-5-6-10-20/h7-8,11,20,29H,4-6,9-10,12-18H2,1-3H3,(H2,25,26,27). The second-order valence-electron chi connectivity index (χ2n) is 8.91. The third-order valence-corrected chi connectivity index (χ3v) is 5.92. The van der Waals surface area contributed by atoms with E-state index >= 15 is 0 Å². The summed E-state index contributed by atoms with van der Waals surface area (Å²) in [5.74, 6) is 2.21. The molecule has 1 unspecified atom stereocenters. The summed E-state index contributed by atoms with van der Waals surface area (Å²) < 4.78 is 17.3. The third-order valence-electron chi connectivity index (χ3n) is 5.92. The Hall–Kier alpha value is -2.03. The Morgan fingerprint density at radius 1 is 1.25 bits per heavy atom. The fraction of sp³-hybridized carbons (Fsp3) is 0.708. The normalized spacial score (nSPS) is 20.1. The van der Waals surface area contributed by atoms with E-state index in [9.17, 15) is 5.11 Å². The molecule has 0 bridgehead atoms. The first-order valence-corrected chi connectivity index (χ1v) is 11.9. The Labute approximate surface area is 192 Å². The maximum atomic E-state index is 10.9. The zero-order valence-corrected chi connectivity index (χ0v) is 19.9. The summed E-state index contributed by atoms with van der Waals surface area (Å²) in [5.41, 5.74) is 0.119. The third kappa shape index (κ3) is 7.53. The van der Waals surface area contributed by atoms with E-state index in [-0.39, 0.29) is 6.10 Å². The molecule has 1 atom stereocenters. The van der Waals surface area contributed by atoms with Gasteiger partial charge in [0.2, 0.25) is 0 Å². The highest BCUT2D eigenvalue weighted by molar-refractivity contribution is 5.79. The molecule has 1 saturated heterocycles. The molecule has 1 heterocycles. The van der Waals surface area contributed by atoms with E-state index in [0.29, 0.717) is 25.6 Å². The summed E-state index contributed by atoms with van der Waals surface area (Å²) in [6.45, 7) is 9.23. The molecule has 1 aromatic carbocycles. The van der Waals surface area contributed by atoms with Gasteiger partial charge in [-0.05, 0) is 45.6 Å². The van der Waals surface area contributed by atoms with Crippen molar-refractivity contribution in [1.29, 1.82) is 0 Å². The van der Waals surface area contributed by atoms with Crippen LogP contribution in [0.2, 0.25) is 0 Å². The van der Waals surface area contributed by atoms with Gasteiger partial charge in [0.05, 0.1) is 38.6 Å². The van der Waals surface area contributed by atoms with Crippen molar-refractivity contribution in [3.05, 3.63) is 23.8 Å². The number of methoxy groups -OCH3 is 1. The molecule has 2 aliphatic rings. The van der Waals surface area contributed by atoms with Crippen molar-refractivity contribution in [3.8, 4) is 11.5 Å². The van der Waals surface area contributed by atoms with Crippen LogP contribution in [0.5, 0.6) is 11.5 Å². The van der Waals surface area contributed by atoms with Gasteiger partial charge in [0.15, 0.2) is 17.5 Å². The molecule has 3 N–H and O–H groups in total. The molecule has 32 heavy (non-hydrogen) atoms. The van der Waals surface area contributed by atoms with Gasteiger partial charge in [-0.25, -0.2) is 4.99 Å². The van der Waals surface area contributed by atoms with Crippen LogP contribution in [0.25, 0.3) is 0 Å². The number of hydrogen-bond acceptors (Lipinski definition) is 6. The van der Waals surface area contributed by atoms with Gasteiger partial charge in [-0.3, -0.25) is 4.90 Å². The van der Waals surface area contributed by atoms with Gasteiger partial charge in [0.1, 0.15) is 0 Å². The molecule has 8 heteroatoms. The zero-order chi connectivity index (χ0) is 22.8. The average molecular weight is 449 g/mol. The van der Waals surface area contributed by atoms with Crippen LogP contribution in [0.3, 0.4) is 0 Å². The average Bonchev–Trinajstić information content (AvgIpc) is 3.30. The smallest absolute Gasteiger partial charge is 0.191 e. The van der Waals surface area contributed by atoms with Crippen molar-refractivity contribution in [2.75, 3.05) is 53.0 Å². The number of rotatable bonds is 10. The summed E-state index contributed by atoms with van der Waals surface area (Å²) in [7, 11) is 1.67. The van der Waals surface area contributed by atoms with Crippen LogP contribution in [-0.4, -0.2) is 80.7 Å². The molecule has 1 aromatic rings. The zero-order valence-electron chi connectivity index (χ0n) is 19.9. The van der Waals surface area contributed by atoms with Gasteiger partial charge in [-0.2, -0.15) is 0 Å². The first-order chi connectivity index (χ1) is 15.5. The monoisotopic (exact) mass is 448 g/mol. The number of hydrogen-bond donors (Lipinski definition) is 3. The summed E-state index contributed by atoms with van der Waals surface area (Å²) in [6.07, 6.45) is 4.85. The lowest BCUT2D eigenvalue weighted by molar-refractivity contribution is -0.0201. The maximum absolute atomic E-state index is 10.9. The minimum Gasteiger partial charge on any atom is -0.493 e. The van der Waals surface area contributed by atoms with E-state index in [1.807, 2.05) is 32.0 Å². The van der Waals surface area contributed by atoms with E-state index < -0.39 is 5.60 Å². The highest BCUT2D eigenvalue weighted by atomic mass is 16.5. The topological polar surface area (TPSA) is 87.6 Å². The second kappa shape index (κ2) is 12.3. The Morgan fingerprint density at radius 3 is 2.69 bits per heavy atom. The number of guanidine groups is 1. The minimum absolute atomic E-state index is 0.246. The number of nitrogens with zero attached hydrogens (tertiary/aromatic N) is 2. The van der Waals surface area contributed by atoms with E-state index in [1.54, 1.807) is 7.11 Å². The number of nitrogens with one attached hydrogen (secondary N) is 2. The predicted octanol–water partition coefficient (Wildman–Crippen LogP) is 2.15. The van der Waals surface area contributed by atoms with Crippen molar-refractivity contribution in [3.63, 3.8) is 0 Å². The second-order valence-corrected chi connectivity index (χ2v) is 8.91. The molecule has 0 aromatic heterocycles. The molecule has 3 rings (SSSR count). The van der Waals surface area contributed by atoms with E-state index in [2.05, 4.69) is 15.5 Å². The number of para-hydroxylation sites is 1. The van der Waals surface area contributed by atoms with Crippen LogP contribution in [0.15, 0.2) is 23.2 Å². The first-order valence-electron chi connectivity index (χ1n) is 11.9. The molecule has 0 amide bonds. The van der Waals surface area contributed by atoms with Gasteiger partial charge in [-0.15, -0.1) is 0 Å². The van der Waals surface area contributed by atoms with Crippen molar-refractivity contribution in [1.82, 2.24) is 15.5 Å². The highest BCUT2D eigenvalue weighted by Gasteiger charge is 2.26. The molecule has 1 aliphatic heterocycles. The van der Waals surface area contributed by atoms with Crippen LogP contribution in [0.4, 0.5) is 0 Å².